The molecule has 2 atom stereocenters. The minimum atomic E-state index is 0.198. The minimum absolute atomic E-state index is 0.198. The maximum Gasteiger partial charge on any atom is 0.245 e. The highest BCUT2D eigenvalue weighted by Crippen LogP contribution is 2.24. The lowest BCUT2D eigenvalue weighted by Crippen LogP contribution is -2.50. The number of aromatic amines is 1. The van der Waals surface area contributed by atoms with Crippen LogP contribution in [0.15, 0.2) is 24.3 Å². The second kappa shape index (κ2) is 5.69. The van der Waals surface area contributed by atoms with Crippen molar-refractivity contribution in [3.8, 4) is 11.4 Å². The molecular formula is C14H18IN5. The third-order valence-electron chi connectivity index (χ3n) is 3.88. The predicted octanol–water partition coefficient (Wildman–Crippen LogP) is 2.39. The molecule has 0 amide bonds. The van der Waals surface area contributed by atoms with Crippen molar-refractivity contribution >= 4 is 28.5 Å². The highest BCUT2D eigenvalue weighted by molar-refractivity contribution is 14.1. The number of nitrogens with one attached hydrogen (secondary N) is 1. The van der Waals surface area contributed by atoms with Gasteiger partial charge in [-0.1, -0.05) is 12.1 Å². The number of piperidine rings is 1. The summed E-state index contributed by atoms with van der Waals surface area (Å²) in [5.41, 5.74) is 7.20. The summed E-state index contributed by atoms with van der Waals surface area (Å²) in [6, 6.07) is 8.70. The van der Waals surface area contributed by atoms with Crippen LogP contribution in [0, 0.1) is 3.57 Å². The van der Waals surface area contributed by atoms with Gasteiger partial charge in [-0.15, -0.1) is 5.10 Å². The van der Waals surface area contributed by atoms with Crippen molar-refractivity contribution in [2.24, 2.45) is 5.73 Å². The van der Waals surface area contributed by atoms with Gasteiger partial charge in [0.1, 0.15) is 0 Å². The van der Waals surface area contributed by atoms with Crippen LogP contribution in [0.5, 0.6) is 0 Å². The van der Waals surface area contributed by atoms with Crippen molar-refractivity contribution in [2.45, 2.75) is 31.8 Å². The predicted molar refractivity (Wildman–Crippen MR) is 88.6 cm³/mol. The van der Waals surface area contributed by atoms with E-state index in [0.717, 1.165) is 36.7 Å². The van der Waals surface area contributed by atoms with Crippen LogP contribution in [0.1, 0.15) is 19.8 Å². The molecule has 1 aromatic carbocycles. The molecule has 3 rings (SSSR count). The summed E-state index contributed by atoms with van der Waals surface area (Å²) in [6.45, 7) is 3.11. The fraction of sp³-hybridized carbons (Fsp3) is 0.429. The Labute approximate surface area is 132 Å². The molecule has 6 heteroatoms. The molecule has 2 unspecified atom stereocenters. The summed E-state index contributed by atoms with van der Waals surface area (Å²) in [5, 5.41) is 7.40. The summed E-state index contributed by atoms with van der Waals surface area (Å²) in [7, 11) is 0. The monoisotopic (exact) mass is 383 g/mol. The van der Waals surface area contributed by atoms with Gasteiger partial charge in [0.05, 0.1) is 0 Å². The molecule has 0 bridgehead atoms. The largest absolute Gasteiger partial charge is 0.335 e. The van der Waals surface area contributed by atoms with Crippen LogP contribution in [0.3, 0.4) is 0 Å². The van der Waals surface area contributed by atoms with Crippen molar-refractivity contribution < 1.29 is 0 Å². The lowest BCUT2D eigenvalue weighted by atomic mass is 9.99. The van der Waals surface area contributed by atoms with Gasteiger partial charge in [-0.3, -0.25) is 5.10 Å². The van der Waals surface area contributed by atoms with Gasteiger partial charge in [-0.05, 0) is 54.5 Å². The number of halogens is 1. The van der Waals surface area contributed by atoms with E-state index in [2.05, 4.69) is 61.7 Å². The van der Waals surface area contributed by atoms with Crippen LogP contribution in [0.25, 0.3) is 11.4 Å². The Morgan fingerprint density at radius 3 is 3.10 bits per heavy atom. The SMILES string of the molecule is CC1C(N)CCCN1c1n[nH]c(-c2cccc(I)c2)n1. The zero-order valence-electron chi connectivity index (χ0n) is 11.4. The van der Waals surface area contributed by atoms with Gasteiger partial charge < -0.3 is 10.6 Å². The molecular weight excluding hydrogens is 365 g/mol. The Morgan fingerprint density at radius 1 is 1.45 bits per heavy atom. The highest BCUT2D eigenvalue weighted by Gasteiger charge is 2.27. The molecule has 0 radical (unpaired) electrons. The van der Waals surface area contributed by atoms with Gasteiger partial charge in [0.25, 0.3) is 0 Å². The molecule has 0 spiro atoms. The molecule has 0 aliphatic carbocycles. The topological polar surface area (TPSA) is 70.8 Å². The first kappa shape index (κ1) is 13.8. The van der Waals surface area contributed by atoms with E-state index >= 15 is 0 Å². The first-order chi connectivity index (χ1) is 9.65. The number of hydrogen-bond acceptors (Lipinski definition) is 4. The fourth-order valence-electron chi connectivity index (χ4n) is 2.60. The Kier molecular flexibility index (Phi) is 3.93. The fourth-order valence-corrected chi connectivity index (χ4v) is 3.14. The van der Waals surface area contributed by atoms with E-state index < -0.39 is 0 Å². The molecule has 2 aromatic rings. The van der Waals surface area contributed by atoms with Crippen LogP contribution in [0.4, 0.5) is 5.95 Å². The van der Waals surface area contributed by atoms with Gasteiger partial charge in [-0.25, -0.2) is 0 Å². The maximum absolute atomic E-state index is 6.14. The molecule has 1 fully saturated rings. The quantitative estimate of drug-likeness (QED) is 0.782. The van der Waals surface area contributed by atoms with Crippen LogP contribution >= 0.6 is 22.6 Å². The summed E-state index contributed by atoms with van der Waals surface area (Å²) >= 11 is 2.30. The van der Waals surface area contributed by atoms with Gasteiger partial charge in [0.15, 0.2) is 5.82 Å². The molecule has 20 heavy (non-hydrogen) atoms. The van der Waals surface area contributed by atoms with E-state index in [1.807, 2.05) is 12.1 Å². The van der Waals surface area contributed by atoms with Gasteiger partial charge in [0, 0.05) is 27.8 Å². The first-order valence-corrected chi connectivity index (χ1v) is 7.93. The smallest absolute Gasteiger partial charge is 0.245 e. The van der Waals surface area contributed by atoms with Crippen LogP contribution in [-0.4, -0.2) is 33.8 Å². The molecule has 0 saturated carbocycles. The molecule has 2 heterocycles. The Morgan fingerprint density at radius 2 is 2.30 bits per heavy atom. The van der Waals surface area contributed by atoms with Crippen molar-refractivity contribution in [3.05, 3.63) is 27.8 Å². The molecule has 3 N–H and O–H groups in total. The van der Waals surface area contributed by atoms with Crippen LogP contribution < -0.4 is 10.6 Å². The summed E-state index contributed by atoms with van der Waals surface area (Å²) < 4.78 is 1.19. The molecule has 106 valence electrons. The lowest BCUT2D eigenvalue weighted by Gasteiger charge is -2.36. The number of nitrogens with two attached hydrogens (primary N) is 1. The average Bonchev–Trinajstić information content (AvgIpc) is 2.91. The second-order valence-electron chi connectivity index (χ2n) is 5.23. The Bertz CT molecular complexity index is 597. The van der Waals surface area contributed by atoms with Gasteiger partial charge >= 0.3 is 0 Å². The number of aromatic nitrogens is 3. The number of H-pyrrole nitrogens is 1. The second-order valence-corrected chi connectivity index (χ2v) is 6.48. The van der Waals surface area contributed by atoms with E-state index in [1.54, 1.807) is 0 Å². The number of nitrogens with zero attached hydrogens (tertiary/aromatic N) is 3. The summed E-state index contributed by atoms with van der Waals surface area (Å²) in [4.78, 5) is 6.83. The Hall–Kier alpha value is -1.15. The molecule has 1 aliphatic heterocycles. The Balaban J connectivity index is 1.86. The van der Waals surface area contributed by atoms with Gasteiger partial charge in [0.2, 0.25) is 5.95 Å². The third kappa shape index (κ3) is 2.67. The third-order valence-corrected chi connectivity index (χ3v) is 4.55. The lowest BCUT2D eigenvalue weighted by molar-refractivity contribution is 0.416. The van der Waals surface area contributed by atoms with Crippen molar-refractivity contribution in [2.75, 3.05) is 11.4 Å². The van der Waals surface area contributed by atoms with Crippen molar-refractivity contribution in [1.82, 2.24) is 15.2 Å². The van der Waals surface area contributed by atoms with Crippen LogP contribution in [0.2, 0.25) is 0 Å². The number of benzene rings is 1. The van der Waals surface area contributed by atoms with E-state index in [1.165, 1.54) is 3.57 Å². The standard InChI is InChI=1S/C14H18IN5/c1-9-12(16)6-3-7-20(9)14-17-13(18-19-14)10-4-2-5-11(15)8-10/h2,4-5,8-9,12H,3,6-7,16H2,1H3,(H,17,18,19). The summed E-state index contributed by atoms with van der Waals surface area (Å²) in [6.07, 6.45) is 2.17. The van der Waals surface area contributed by atoms with E-state index in [9.17, 15) is 0 Å². The van der Waals surface area contributed by atoms with E-state index in [4.69, 9.17) is 5.73 Å². The molecule has 1 aliphatic rings. The highest BCUT2D eigenvalue weighted by atomic mass is 127. The number of hydrogen-bond donors (Lipinski definition) is 2. The zero-order valence-corrected chi connectivity index (χ0v) is 13.5. The molecule has 5 nitrogen and oxygen atoms in total. The minimum Gasteiger partial charge on any atom is -0.335 e. The van der Waals surface area contributed by atoms with Crippen molar-refractivity contribution in [1.29, 1.82) is 0 Å². The summed E-state index contributed by atoms with van der Waals surface area (Å²) in [5.74, 6) is 1.56. The zero-order chi connectivity index (χ0) is 14.1. The number of rotatable bonds is 2. The number of anilines is 1. The van der Waals surface area contributed by atoms with E-state index in [0.29, 0.717) is 0 Å². The molecule has 1 aromatic heterocycles. The first-order valence-electron chi connectivity index (χ1n) is 6.86. The molecule has 1 saturated heterocycles. The van der Waals surface area contributed by atoms with Gasteiger partial charge in [-0.2, -0.15) is 4.98 Å². The van der Waals surface area contributed by atoms with Crippen molar-refractivity contribution in [3.63, 3.8) is 0 Å². The normalized spacial score (nSPS) is 23.1. The van der Waals surface area contributed by atoms with Crippen LogP contribution in [-0.2, 0) is 0 Å². The average molecular weight is 383 g/mol. The maximum atomic E-state index is 6.14. The van der Waals surface area contributed by atoms with E-state index in [-0.39, 0.29) is 12.1 Å².